The lowest BCUT2D eigenvalue weighted by molar-refractivity contribution is -0.0382. The van der Waals surface area contributed by atoms with Crippen LogP contribution in [0.25, 0.3) is 0 Å². The van der Waals surface area contributed by atoms with Gasteiger partial charge in [-0.2, -0.15) is 0 Å². The van der Waals surface area contributed by atoms with Crippen molar-refractivity contribution in [1.82, 2.24) is 0 Å². The molecule has 0 aromatic carbocycles. The Labute approximate surface area is 137 Å². The average Bonchev–Trinajstić information content (AvgIpc) is 2.84. The zero-order valence-electron chi connectivity index (χ0n) is 15.1. The average molecular weight is 299 g/mol. The molecule has 0 unspecified atom stereocenters. The van der Waals surface area contributed by atoms with Gasteiger partial charge in [-0.3, -0.25) is 0 Å². The van der Waals surface area contributed by atoms with Gasteiger partial charge in [-0.25, -0.2) is 0 Å². The zero-order valence-corrected chi connectivity index (χ0v) is 15.1. The van der Waals surface area contributed by atoms with Crippen molar-refractivity contribution in [3.8, 4) is 0 Å². The summed E-state index contributed by atoms with van der Waals surface area (Å²) in [5.74, 6) is 3.96. The molecule has 0 radical (unpaired) electrons. The molecule has 4 aliphatic carbocycles. The van der Waals surface area contributed by atoms with Crippen LogP contribution in [0.3, 0.4) is 0 Å². The Bertz CT molecular complexity index is 524. The molecular weight excluding hydrogens is 264 g/mol. The van der Waals surface area contributed by atoms with Crippen LogP contribution in [0.1, 0.15) is 79.1 Å². The highest BCUT2D eigenvalue weighted by atomic mass is 14.6. The molecule has 2 fully saturated rings. The van der Waals surface area contributed by atoms with Gasteiger partial charge in [0.15, 0.2) is 0 Å². The fraction of sp³-hybridized carbons (Fsp3) is 0.818. The minimum atomic E-state index is 0.493. The van der Waals surface area contributed by atoms with Crippen molar-refractivity contribution in [2.45, 2.75) is 79.1 Å². The molecule has 0 aromatic heterocycles. The van der Waals surface area contributed by atoms with E-state index in [9.17, 15) is 0 Å². The summed E-state index contributed by atoms with van der Waals surface area (Å²) in [6.07, 6.45) is 16.5. The molecule has 0 heterocycles. The quantitative estimate of drug-likeness (QED) is 0.516. The smallest absolute Gasteiger partial charge is 0.00419 e. The Morgan fingerprint density at radius 3 is 2.68 bits per heavy atom. The van der Waals surface area contributed by atoms with Gasteiger partial charge in [-0.05, 0) is 91.9 Å². The van der Waals surface area contributed by atoms with Gasteiger partial charge in [0.1, 0.15) is 0 Å². The van der Waals surface area contributed by atoms with Crippen LogP contribution in [0, 0.1) is 34.5 Å². The molecule has 0 aliphatic heterocycles. The minimum Gasteiger partial charge on any atom is -0.0842 e. The number of allylic oxidation sites excluding steroid dienone is 4. The van der Waals surface area contributed by atoms with Crippen LogP contribution in [0.5, 0.6) is 0 Å². The van der Waals surface area contributed by atoms with E-state index in [1.54, 1.807) is 11.1 Å². The van der Waals surface area contributed by atoms with E-state index in [0.717, 1.165) is 23.7 Å². The third-order valence-corrected chi connectivity index (χ3v) is 8.68. The number of rotatable bonds is 1. The van der Waals surface area contributed by atoms with Crippen LogP contribution in [-0.2, 0) is 0 Å². The molecule has 0 nitrogen and oxygen atoms in total. The Hall–Kier alpha value is -0.520. The summed E-state index contributed by atoms with van der Waals surface area (Å²) in [6, 6.07) is 0. The molecule has 0 heteroatoms. The second-order valence-corrected chi connectivity index (χ2v) is 9.36. The van der Waals surface area contributed by atoms with Crippen LogP contribution < -0.4 is 0 Å². The van der Waals surface area contributed by atoms with Gasteiger partial charge in [-0.1, -0.05) is 44.9 Å². The zero-order chi connectivity index (χ0) is 15.5. The number of fused-ring (bicyclic) bond motifs is 5. The van der Waals surface area contributed by atoms with Crippen LogP contribution in [0.4, 0.5) is 0 Å². The van der Waals surface area contributed by atoms with E-state index in [1.165, 1.54) is 51.4 Å². The molecule has 0 bridgehead atoms. The van der Waals surface area contributed by atoms with E-state index in [4.69, 9.17) is 0 Å². The van der Waals surface area contributed by atoms with Gasteiger partial charge >= 0.3 is 0 Å². The van der Waals surface area contributed by atoms with Gasteiger partial charge in [0, 0.05) is 0 Å². The predicted octanol–water partition coefficient (Wildman–Crippen LogP) is 6.53. The fourth-order valence-electron chi connectivity index (χ4n) is 7.53. The first-order valence-electron chi connectivity index (χ1n) is 9.87. The number of hydrogen-bond acceptors (Lipinski definition) is 0. The van der Waals surface area contributed by atoms with E-state index in [1.807, 2.05) is 0 Å². The van der Waals surface area contributed by atoms with Gasteiger partial charge in [0.2, 0.25) is 0 Å². The van der Waals surface area contributed by atoms with Crippen LogP contribution >= 0.6 is 0 Å². The maximum absolute atomic E-state index is 2.66. The molecular formula is C22H34. The maximum Gasteiger partial charge on any atom is -0.00419 e. The minimum absolute atomic E-state index is 0.493. The molecule has 4 rings (SSSR count). The standard InChI is InChI=1S/C22H34/c1-5-16-9-10-19-17-14-15(2)18-8-6-7-12-22(18,4)20(17)11-13-21(16,19)3/h6,8,16-17,19-20H,5,7,9-14H2,1-4H3/t16-,17-,19-,20-,21+,22-/m0/s1. The van der Waals surface area contributed by atoms with E-state index >= 15 is 0 Å². The topological polar surface area (TPSA) is 0 Å². The summed E-state index contributed by atoms with van der Waals surface area (Å²) >= 11 is 0. The SMILES string of the molecule is CC[C@H]1CC[C@H]2[C@@H]3CC(C)=C4C=CCC[C@]4(C)[C@H]3CC[C@]12C. The van der Waals surface area contributed by atoms with Gasteiger partial charge in [0.25, 0.3) is 0 Å². The molecule has 0 saturated heterocycles. The maximum atomic E-state index is 2.66. The van der Waals surface area contributed by atoms with Crippen LogP contribution in [-0.4, -0.2) is 0 Å². The van der Waals surface area contributed by atoms with Crippen molar-refractivity contribution in [1.29, 1.82) is 0 Å². The molecule has 4 aliphatic rings. The Kier molecular flexibility index (Phi) is 3.41. The summed E-state index contributed by atoms with van der Waals surface area (Å²) in [5.41, 5.74) is 4.61. The summed E-state index contributed by atoms with van der Waals surface area (Å²) < 4.78 is 0. The van der Waals surface area contributed by atoms with Gasteiger partial charge < -0.3 is 0 Å². The Balaban J connectivity index is 1.73. The van der Waals surface area contributed by atoms with E-state index in [0.29, 0.717) is 10.8 Å². The summed E-state index contributed by atoms with van der Waals surface area (Å²) in [5, 5.41) is 0. The molecule has 122 valence electrons. The first kappa shape index (κ1) is 15.0. The third kappa shape index (κ3) is 1.82. The Morgan fingerprint density at radius 1 is 1.09 bits per heavy atom. The van der Waals surface area contributed by atoms with Crippen molar-refractivity contribution in [2.75, 3.05) is 0 Å². The summed E-state index contributed by atoms with van der Waals surface area (Å²) in [6.45, 7) is 10.1. The molecule has 2 saturated carbocycles. The highest BCUT2D eigenvalue weighted by Gasteiger charge is 2.58. The lowest BCUT2D eigenvalue weighted by Crippen LogP contribution is -2.49. The molecule has 22 heavy (non-hydrogen) atoms. The molecule has 6 atom stereocenters. The van der Waals surface area contributed by atoms with Crippen molar-refractivity contribution in [3.63, 3.8) is 0 Å². The van der Waals surface area contributed by atoms with Crippen molar-refractivity contribution < 1.29 is 0 Å². The first-order valence-corrected chi connectivity index (χ1v) is 9.87. The third-order valence-electron chi connectivity index (χ3n) is 8.68. The lowest BCUT2D eigenvalue weighted by atomic mass is 9.47. The predicted molar refractivity (Wildman–Crippen MR) is 94.6 cm³/mol. The second-order valence-electron chi connectivity index (χ2n) is 9.36. The fourth-order valence-corrected chi connectivity index (χ4v) is 7.53. The monoisotopic (exact) mass is 298 g/mol. The van der Waals surface area contributed by atoms with Crippen molar-refractivity contribution >= 4 is 0 Å². The lowest BCUT2D eigenvalue weighted by Gasteiger charge is -2.58. The van der Waals surface area contributed by atoms with Crippen LogP contribution in [0.15, 0.2) is 23.3 Å². The Morgan fingerprint density at radius 2 is 1.91 bits per heavy atom. The highest BCUT2D eigenvalue weighted by molar-refractivity contribution is 5.38. The van der Waals surface area contributed by atoms with E-state index in [2.05, 4.69) is 39.8 Å². The van der Waals surface area contributed by atoms with E-state index < -0.39 is 0 Å². The summed E-state index contributed by atoms with van der Waals surface area (Å²) in [4.78, 5) is 0. The molecule has 0 aromatic rings. The van der Waals surface area contributed by atoms with E-state index in [-0.39, 0.29) is 0 Å². The van der Waals surface area contributed by atoms with Gasteiger partial charge in [-0.15, -0.1) is 0 Å². The van der Waals surface area contributed by atoms with Crippen molar-refractivity contribution in [3.05, 3.63) is 23.3 Å². The normalized spacial score (nSPS) is 50.5. The molecule has 0 spiro atoms. The number of hydrogen-bond donors (Lipinski definition) is 0. The first-order chi connectivity index (χ1) is 10.5. The highest BCUT2D eigenvalue weighted by Crippen LogP contribution is 2.66. The van der Waals surface area contributed by atoms with Gasteiger partial charge in [0.05, 0.1) is 0 Å². The van der Waals surface area contributed by atoms with Crippen LogP contribution in [0.2, 0.25) is 0 Å². The molecule has 0 amide bonds. The van der Waals surface area contributed by atoms with Crippen molar-refractivity contribution in [2.24, 2.45) is 34.5 Å². The second kappa shape index (κ2) is 4.99. The largest absolute Gasteiger partial charge is 0.0842 e. The summed E-state index contributed by atoms with van der Waals surface area (Å²) in [7, 11) is 0. The molecule has 0 N–H and O–H groups in total.